The van der Waals surface area contributed by atoms with Crippen LogP contribution in [0.25, 0.3) is 0 Å². The van der Waals surface area contributed by atoms with Crippen LogP contribution in [0.1, 0.15) is 33.2 Å². The second kappa shape index (κ2) is 10.5. The van der Waals surface area contributed by atoms with Gasteiger partial charge < -0.3 is 10.6 Å². The zero-order chi connectivity index (χ0) is 23.3. The Hall–Kier alpha value is -3.03. The van der Waals surface area contributed by atoms with Gasteiger partial charge in [0, 0.05) is 10.6 Å². The molecule has 0 unspecified atom stereocenters. The van der Waals surface area contributed by atoms with E-state index in [2.05, 4.69) is 10.6 Å². The van der Waals surface area contributed by atoms with Crippen molar-refractivity contribution in [2.45, 2.75) is 26.8 Å². The highest BCUT2D eigenvalue weighted by Crippen LogP contribution is 2.26. The number of aryl methyl sites for hydroxylation is 3. The molecule has 2 aromatic carbocycles. The van der Waals surface area contributed by atoms with E-state index in [1.165, 1.54) is 23.5 Å². The summed E-state index contributed by atoms with van der Waals surface area (Å²) in [5.41, 5.74) is 4.78. The number of benzene rings is 2. The third-order valence-corrected chi connectivity index (χ3v) is 6.04. The summed E-state index contributed by atoms with van der Waals surface area (Å²) >= 11 is 1.52. The van der Waals surface area contributed by atoms with Crippen LogP contribution >= 0.6 is 11.3 Å². The number of halogens is 1. The van der Waals surface area contributed by atoms with Crippen molar-refractivity contribution >= 4 is 28.8 Å². The molecule has 2 amide bonds. The summed E-state index contributed by atoms with van der Waals surface area (Å²) < 4.78 is 13.3. The largest absolute Gasteiger partial charge is 0.343 e. The fraction of sp³-hybridized carbons (Fsp3) is 0.280. The van der Waals surface area contributed by atoms with Gasteiger partial charge in [0.25, 0.3) is 0 Å². The topological polar surface area (TPSA) is 61.4 Å². The normalized spacial score (nSPS) is 11.9. The Kier molecular flexibility index (Phi) is 7.77. The minimum Gasteiger partial charge on any atom is -0.343 e. The van der Waals surface area contributed by atoms with Gasteiger partial charge in [0.1, 0.15) is 5.82 Å². The number of rotatable bonds is 8. The van der Waals surface area contributed by atoms with Gasteiger partial charge in [-0.15, -0.1) is 11.3 Å². The number of anilines is 1. The molecule has 3 rings (SSSR count). The SMILES string of the molecule is Cc1cc(C)c(NC(=O)CN(C)CC(=O)N[C@@H](c2ccc(F)cc2)c2cccs2)c(C)c1. The molecular weight excluding hydrogens is 425 g/mol. The molecule has 0 saturated heterocycles. The Balaban J connectivity index is 1.60. The first-order chi connectivity index (χ1) is 15.2. The predicted octanol–water partition coefficient (Wildman–Crippen LogP) is 4.59. The second-order valence-electron chi connectivity index (χ2n) is 8.06. The highest BCUT2D eigenvalue weighted by Gasteiger charge is 2.20. The zero-order valence-electron chi connectivity index (χ0n) is 18.7. The van der Waals surface area contributed by atoms with E-state index < -0.39 is 0 Å². The monoisotopic (exact) mass is 453 g/mol. The maximum absolute atomic E-state index is 13.3. The van der Waals surface area contributed by atoms with Crippen LogP contribution in [0, 0.1) is 26.6 Å². The first kappa shape index (κ1) is 23.6. The lowest BCUT2D eigenvalue weighted by Crippen LogP contribution is -2.40. The van der Waals surface area contributed by atoms with Crippen LogP contribution in [-0.4, -0.2) is 36.9 Å². The average Bonchev–Trinajstić information content (AvgIpc) is 3.24. The lowest BCUT2D eigenvalue weighted by atomic mass is 10.1. The average molecular weight is 454 g/mol. The first-order valence-corrected chi connectivity index (χ1v) is 11.3. The molecule has 0 bridgehead atoms. The van der Waals surface area contributed by atoms with Gasteiger partial charge in [0.05, 0.1) is 19.1 Å². The van der Waals surface area contributed by atoms with Gasteiger partial charge in [-0.2, -0.15) is 0 Å². The molecule has 0 aliphatic rings. The fourth-order valence-corrected chi connectivity index (χ4v) is 4.54. The standard InChI is InChI=1S/C25H28FN3O2S/c1-16-12-17(2)24(18(3)13-16)27-22(30)14-29(4)15-23(31)28-25(21-6-5-11-32-21)19-7-9-20(26)10-8-19/h5-13,25H,14-15H2,1-4H3,(H,27,30)(H,28,31)/t25-/m0/s1. The predicted molar refractivity (Wildman–Crippen MR) is 127 cm³/mol. The minimum absolute atomic E-state index is 0.0579. The summed E-state index contributed by atoms with van der Waals surface area (Å²) in [6.45, 7) is 6.09. The summed E-state index contributed by atoms with van der Waals surface area (Å²) in [5.74, 6) is -0.718. The van der Waals surface area contributed by atoms with Crippen molar-refractivity contribution in [3.8, 4) is 0 Å². The Morgan fingerprint density at radius 2 is 1.62 bits per heavy atom. The van der Waals surface area contributed by atoms with Gasteiger partial charge in [0.15, 0.2) is 0 Å². The van der Waals surface area contributed by atoms with Crippen molar-refractivity contribution in [2.24, 2.45) is 0 Å². The van der Waals surface area contributed by atoms with E-state index in [1.54, 1.807) is 24.1 Å². The van der Waals surface area contributed by atoms with Crippen molar-refractivity contribution in [1.82, 2.24) is 10.2 Å². The van der Waals surface area contributed by atoms with E-state index in [9.17, 15) is 14.0 Å². The Morgan fingerprint density at radius 1 is 1.00 bits per heavy atom. The summed E-state index contributed by atoms with van der Waals surface area (Å²) in [6.07, 6.45) is 0. The quantitative estimate of drug-likeness (QED) is 0.525. The number of hydrogen-bond acceptors (Lipinski definition) is 4. The molecule has 0 spiro atoms. The fourth-order valence-electron chi connectivity index (χ4n) is 3.74. The molecule has 3 aromatic rings. The molecule has 7 heteroatoms. The molecule has 0 aliphatic carbocycles. The smallest absolute Gasteiger partial charge is 0.238 e. The van der Waals surface area contributed by atoms with E-state index >= 15 is 0 Å². The molecule has 0 saturated carbocycles. The van der Waals surface area contributed by atoms with Crippen molar-refractivity contribution in [3.05, 3.63) is 86.9 Å². The highest BCUT2D eigenvalue weighted by molar-refractivity contribution is 7.10. The third kappa shape index (κ3) is 6.24. The van der Waals surface area contributed by atoms with E-state index in [0.717, 1.165) is 32.8 Å². The number of hydrogen-bond donors (Lipinski definition) is 2. The number of nitrogens with one attached hydrogen (secondary N) is 2. The molecule has 5 nitrogen and oxygen atoms in total. The molecule has 0 radical (unpaired) electrons. The van der Waals surface area contributed by atoms with Crippen LogP contribution in [0.15, 0.2) is 53.9 Å². The van der Waals surface area contributed by atoms with Gasteiger partial charge in [-0.1, -0.05) is 35.9 Å². The van der Waals surface area contributed by atoms with Gasteiger partial charge in [-0.3, -0.25) is 14.5 Å². The van der Waals surface area contributed by atoms with Crippen LogP contribution in [0.2, 0.25) is 0 Å². The van der Waals surface area contributed by atoms with Crippen LogP contribution in [0.3, 0.4) is 0 Å². The molecular formula is C25H28FN3O2S. The zero-order valence-corrected chi connectivity index (χ0v) is 19.6. The summed E-state index contributed by atoms with van der Waals surface area (Å²) in [7, 11) is 1.73. The lowest BCUT2D eigenvalue weighted by molar-refractivity contribution is -0.123. The maximum Gasteiger partial charge on any atom is 0.238 e. The summed E-state index contributed by atoms with van der Waals surface area (Å²) in [4.78, 5) is 27.9. The number of carbonyl (C=O) groups is 2. The molecule has 1 aromatic heterocycles. The Bertz CT molecular complexity index is 1060. The summed E-state index contributed by atoms with van der Waals surface area (Å²) in [5, 5.41) is 7.90. The van der Waals surface area contributed by atoms with E-state index in [1.807, 2.05) is 50.4 Å². The highest BCUT2D eigenvalue weighted by atomic mass is 32.1. The van der Waals surface area contributed by atoms with Crippen LogP contribution in [-0.2, 0) is 9.59 Å². The maximum atomic E-state index is 13.3. The minimum atomic E-state index is -0.372. The van der Waals surface area contributed by atoms with Crippen LogP contribution < -0.4 is 10.6 Å². The van der Waals surface area contributed by atoms with Crippen molar-refractivity contribution in [2.75, 3.05) is 25.5 Å². The number of amides is 2. The van der Waals surface area contributed by atoms with E-state index in [-0.39, 0.29) is 36.8 Å². The van der Waals surface area contributed by atoms with Crippen LogP contribution in [0.4, 0.5) is 10.1 Å². The summed E-state index contributed by atoms with van der Waals surface area (Å²) in [6, 6.07) is 13.6. The van der Waals surface area contributed by atoms with Gasteiger partial charge in [-0.25, -0.2) is 4.39 Å². The van der Waals surface area contributed by atoms with Crippen molar-refractivity contribution in [1.29, 1.82) is 0 Å². The van der Waals surface area contributed by atoms with Gasteiger partial charge in [-0.05, 0) is 68.1 Å². The lowest BCUT2D eigenvalue weighted by Gasteiger charge is -2.21. The van der Waals surface area contributed by atoms with Gasteiger partial charge >= 0.3 is 0 Å². The van der Waals surface area contributed by atoms with E-state index in [4.69, 9.17) is 0 Å². The van der Waals surface area contributed by atoms with Gasteiger partial charge in [0.2, 0.25) is 11.8 Å². The molecule has 32 heavy (non-hydrogen) atoms. The van der Waals surface area contributed by atoms with Crippen molar-refractivity contribution < 1.29 is 14.0 Å². The number of nitrogens with zero attached hydrogens (tertiary/aromatic N) is 1. The second-order valence-corrected chi connectivity index (χ2v) is 9.04. The number of likely N-dealkylation sites (N-methyl/N-ethyl adjacent to an activating group) is 1. The molecule has 1 heterocycles. The molecule has 2 N–H and O–H groups in total. The molecule has 0 fully saturated rings. The Labute approximate surface area is 192 Å². The first-order valence-electron chi connectivity index (χ1n) is 10.4. The third-order valence-electron chi connectivity index (χ3n) is 5.10. The van der Waals surface area contributed by atoms with Crippen molar-refractivity contribution in [3.63, 3.8) is 0 Å². The number of thiophene rings is 1. The van der Waals surface area contributed by atoms with Crippen LogP contribution in [0.5, 0.6) is 0 Å². The number of carbonyl (C=O) groups excluding carboxylic acids is 2. The molecule has 168 valence electrons. The van der Waals surface area contributed by atoms with E-state index in [0.29, 0.717) is 0 Å². The molecule has 1 atom stereocenters. The molecule has 0 aliphatic heterocycles. The Morgan fingerprint density at radius 3 is 2.22 bits per heavy atom.